The van der Waals surface area contributed by atoms with E-state index in [1.54, 1.807) is 55.2 Å². The number of nitrogens with one attached hydrogen (secondary N) is 1. The average Bonchev–Trinajstić information content (AvgIpc) is 1.95. The molecular weight excluding hydrogens is 1130 g/mol. The Morgan fingerprint density at radius 1 is 0.663 bits per heavy atom. The van der Waals surface area contributed by atoms with Crippen LogP contribution in [0.15, 0.2) is 113 Å². The Hall–Kier alpha value is -8.71. The van der Waals surface area contributed by atoms with Crippen molar-refractivity contribution in [1.82, 2.24) is 24.9 Å². The van der Waals surface area contributed by atoms with Crippen LogP contribution in [0, 0.1) is 18.8 Å². The van der Waals surface area contributed by atoms with E-state index in [2.05, 4.69) is 51.4 Å². The van der Waals surface area contributed by atoms with Crippen LogP contribution in [0.5, 0.6) is 23.0 Å². The Morgan fingerprint density at radius 2 is 1.25 bits per heavy atom. The Bertz CT molecular complexity index is 3430. The molecule has 0 aliphatic carbocycles. The van der Waals surface area contributed by atoms with Gasteiger partial charge in [0, 0.05) is 119 Å². The number of benzene rings is 4. The number of carbonyl (C=O) groups is 7. The molecule has 19 heteroatoms. The molecule has 470 valence electrons. The van der Waals surface area contributed by atoms with Gasteiger partial charge in [0.25, 0.3) is 23.6 Å². The Kier molecular flexibility index (Phi) is 21.8. The molecule has 0 spiro atoms. The van der Waals surface area contributed by atoms with Crippen molar-refractivity contribution in [2.75, 3.05) is 72.1 Å². The van der Waals surface area contributed by atoms with Crippen molar-refractivity contribution in [3.8, 4) is 23.0 Å². The number of hydrogen-bond donors (Lipinski definition) is 1. The standard InChI is InChI=1S/C43H48N6O6.C27H36N2O5/c1-28-18-32-24-44-36-22-40(38(52-3)20-34(36)42(50)48(32)26-28)54-16-6-5-7-17-55-41-23-37-35(21-39(41)53-4)43(51)49-27-30(19-33(49)25-45-37)29-8-10-31(11-9-29)47-14-12-46(2)13-15-47;1-18(2)23(17-22(30)11-6-5-7-14-29-25(32)12-13-26(29)33)27(34)28-20(4)24(31)16-21-10-8-9-19(3)15-21/h8-11,20-27,32-33H,5-7,12-19H2,1-4H3;8-10,12-13,15,18,20,23H,5-7,11,14,16-17H2,1-4H3,(H,28,34)/t32-,33-;20-,23-/m00/s1. The highest BCUT2D eigenvalue weighted by molar-refractivity contribution is 6.13. The molecular formula is C70H84N8O11. The predicted molar refractivity (Wildman–Crippen MR) is 344 cm³/mol. The fourth-order valence-electron chi connectivity index (χ4n) is 11.8. The van der Waals surface area contributed by atoms with Gasteiger partial charge < -0.3 is 43.9 Å². The van der Waals surface area contributed by atoms with Crippen molar-refractivity contribution in [3.05, 3.63) is 131 Å². The Labute approximate surface area is 522 Å². The van der Waals surface area contributed by atoms with E-state index in [9.17, 15) is 33.6 Å². The summed E-state index contributed by atoms with van der Waals surface area (Å²) >= 11 is 0. The zero-order valence-corrected chi connectivity index (χ0v) is 52.6. The van der Waals surface area contributed by atoms with Crippen LogP contribution in [0.2, 0.25) is 0 Å². The van der Waals surface area contributed by atoms with Gasteiger partial charge in [-0.1, -0.05) is 67.8 Å². The molecule has 4 aromatic carbocycles. The largest absolute Gasteiger partial charge is 0.493 e. The molecule has 0 bridgehead atoms. The quantitative estimate of drug-likeness (QED) is 0.0459. The molecule has 89 heavy (non-hydrogen) atoms. The summed E-state index contributed by atoms with van der Waals surface area (Å²) in [4.78, 5) is 107. The third kappa shape index (κ3) is 16.3. The molecule has 1 fully saturated rings. The van der Waals surface area contributed by atoms with Gasteiger partial charge >= 0.3 is 0 Å². The molecule has 5 amide bonds. The molecule has 10 rings (SSSR count). The van der Waals surface area contributed by atoms with Crippen LogP contribution in [0.25, 0.3) is 5.57 Å². The zero-order chi connectivity index (χ0) is 63.3. The number of unbranched alkanes of at least 4 members (excludes halogenated alkanes) is 4. The first-order valence-electron chi connectivity index (χ1n) is 31.2. The number of aryl methyl sites for hydroxylation is 1. The summed E-state index contributed by atoms with van der Waals surface area (Å²) in [5, 5.41) is 2.80. The smallest absolute Gasteiger partial charge is 0.260 e. The summed E-state index contributed by atoms with van der Waals surface area (Å²) in [5.41, 5.74) is 8.76. The van der Waals surface area contributed by atoms with Crippen LogP contribution in [0.4, 0.5) is 17.1 Å². The molecule has 6 aliphatic heterocycles. The van der Waals surface area contributed by atoms with Crippen molar-refractivity contribution in [3.63, 3.8) is 0 Å². The number of ketones is 2. The maximum atomic E-state index is 13.9. The lowest BCUT2D eigenvalue weighted by Gasteiger charge is -2.34. The van der Waals surface area contributed by atoms with Crippen LogP contribution in [-0.4, -0.2) is 158 Å². The van der Waals surface area contributed by atoms with Gasteiger partial charge in [0.1, 0.15) is 5.78 Å². The number of Topliss-reactive ketones (excluding diaryl/α,β-unsaturated/α-hetero) is 2. The number of methoxy groups -OCH3 is 2. The minimum atomic E-state index is -0.630. The number of ether oxygens (including phenoxy) is 4. The van der Waals surface area contributed by atoms with E-state index in [0.717, 1.165) is 79.7 Å². The minimum absolute atomic E-state index is 0.00239. The van der Waals surface area contributed by atoms with E-state index < -0.39 is 12.0 Å². The fourth-order valence-corrected chi connectivity index (χ4v) is 11.8. The van der Waals surface area contributed by atoms with Gasteiger partial charge in [-0.2, -0.15) is 0 Å². The van der Waals surface area contributed by atoms with Gasteiger partial charge in [-0.15, -0.1) is 0 Å². The Balaban J connectivity index is 0.000000239. The first-order valence-corrected chi connectivity index (χ1v) is 31.2. The second kappa shape index (κ2) is 30.0. The number of imide groups is 1. The van der Waals surface area contributed by atoms with E-state index in [1.807, 2.05) is 76.8 Å². The second-order valence-electron chi connectivity index (χ2n) is 24.2. The molecule has 0 radical (unpaired) electrons. The number of amides is 5. The molecule has 1 saturated heterocycles. The highest BCUT2D eigenvalue weighted by Gasteiger charge is 2.35. The van der Waals surface area contributed by atoms with Crippen LogP contribution >= 0.6 is 0 Å². The zero-order valence-electron chi connectivity index (χ0n) is 52.6. The highest BCUT2D eigenvalue weighted by Crippen LogP contribution is 2.41. The predicted octanol–water partition coefficient (Wildman–Crippen LogP) is 10.2. The SMILES string of the molecule is COc1cc2c(cc1OCCCCCOc1cc3c(cc1OC)C(=O)N1C=C(c4ccc(N5CCN(C)CC5)cc4)C[C@H]1C=N3)N=C[C@@H]1CC(C)=CN1C2=O.Cc1cccc(CC(=O)[C@H](C)NC(=O)[C@@H](CC(=O)CCCCCN2C(=O)C=CC2=O)C(C)C)c1. The monoisotopic (exact) mass is 1210 g/mol. The van der Waals surface area contributed by atoms with Crippen LogP contribution in [0.1, 0.15) is 129 Å². The molecule has 1 N–H and O–H groups in total. The molecule has 6 heterocycles. The van der Waals surface area contributed by atoms with Gasteiger partial charge in [-0.05, 0) is 113 Å². The van der Waals surface area contributed by atoms with Gasteiger partial charge in [-0.25, -0.2) is 0 Å². The summed E-state index contributed by atoms with van der Waals surface area (Å²) in [6, 6.07) is 22.6. The number of anilines is 1. The van der Waals surface area contributed by atoms with Gasteiger partial charge in [-0.3, -0.25) is 48.4 Å². The number of hydrogen-bond acceptors (Lipinski definition) is 15. The van der Waals surface area contributed by atoms with Gasteiger partial charge in [0.15, 0.2) is 28.8 Å². The van der Waals surface area contributed by atoms with Crippen LogP contribution in [0.3, 0.4) is 0 Å². The molecule has 0 aromatic heterocycles. The number of rotatable bonds is 26. The summed E-state index contributed by atoms with van der Waals surface area (Å²) in [7, 11) is 5.32. The maximum absolute atomic E-state index is 13.9. The first kappa shape index (κ1) is 64.8. The van der Waals surface area contributed by atoms with E-state index in [4.69, 9.17) is 23.9 Å². The molecule has 6 aliphatic rings. The minimum Gasteiger partial charge on any atom is -0.493 e. The van der Waals surface area contributed by atoms with E-state index in [0.29, 0.717) is 97.4 Å². The van der Waals surface area contributed by atoms with E-state index >= 15 is 0 Å². The fraction of sp³-hybridized carbons (Fsp3) is 0.443. The van der Waals surface area contributed by atoms with Crippen molar-refractivity contribution in [2.24, 2.45) is 21.8 Å². The van der Waals surface area contributed by atoms with Crippen molar-refractivity contribution < 1.29 is 52.5 Å². The summed E-state index contributed by atoms with van der Waals surface area (Å²) in [6.07, 6.45) is 16.7. The number of nitrogens with zero attached hydrogens (tertiary/aromatic N) is 7. The lowest BCUT2D eigenvalue weighted by Crippen LogP contribution is -2.44. The number of aliphatic imine (C=N–C) groups is 2. The van der Waals surface area contributed by atoms with Gasteiger partial charge in [0.2, 0.25) is 5.91 Å². The van der Waals surface area contributed by atoms with Crippen LogP contribution < -0.4 is 29.2 Å². The summed E-state index contributed by atoms with van der Waals surface area (Å²) in [5.74, 6) is 0.455. The normalized spacial score (nSPS) is 18.3. The third-order valence-electron chi connectivity index (χ3n) is 17.1. The average molecular weight is 1210 g/mol. The number of likely N-dealkylation sites (N-methyl/N-ethyl adjacent to an activating group) is 1. The highest BCUT2D eigenvalue weighted by atomic mass is 16.5. The number of carbonyl (C=O) groups excluding carboxylic acids is 7. The van der Waals surface area contributed by atoms with Crippen LogP contribution in [-0.2, 0) is 30.4 Å². The maximum Gasteiger partial charge on any atom is 0.260 e. The lowest BCUT2D eigenvalue weighted by molar-refractivity contribution is -0.137. The van der Waals surface area contributed by atoms with Gasteiger partial charge in [0.05, 0.1) is 68.1 Å². The summed E-state index contributed by atoms with van der Waals surface area (Å²) < 4.78 is 23.5. The van der Waals surface area contributed by atoms with E-state index in [-0.39, 0.29) is 71.9 Å². The number of piperazine rings is 1. The Morgan fingerprint density at radius 3 is 1.83 bits per heavy atom. The third-order valence-corrected chi connectivity index (χ3v) is 17.1. The lowest BCUT2D eigenvalue weighted by atomic mass is 9.88. The van der Waals surface area contributed by atoms with Crippen molar-refractivity contribution in [2.45, 2.75) is 123 Å². The summed E-state index contributed by atoms with van der Waals surface area (Å²) in [6.45, 7) is 14.9. The molecule has 0 saturated carbocycles. The second-order valence-corrected chi connectivity index (χ2v) is 24.2. The van der Waals surface area contributed by atoms with E-state index in [1.165, 1.54) is 22.7 Å². The van der Waals surface area contributed by atoms with Crippen molar-refractivity contribution in [1.29, 1.82) is 0 Å². The molecule has 0 unspecified atom stereocenters. The van der Waals surface area contributed by atoms with Crippen molar-refractivity contribution >= 4 is 76.2 Å². The molecule has 4 aromatic rings. The number of fused-ring (bicyclic) bond motifs is 4. The molecule has 19 nitrogen and oxygen atoms in total. The first-order chi connectivity index (χ1) is 42.9. The topological polar surface area (TPSA) is 209 Å². The molecule has 4 atom stereocenters.